The molecule has 2 N–H and O–H groups in total. The van der Waals surface area contributed by atoms with Gasteiger partial charge in [0.15, 0.2) is 0 Å². The number of thiophene rings is 1. The predicted molar refractivity (Wildman–Crippen MR) is 134 cm³/mol. The van der Waals surface area contributed by atoms with Crippen LogP contribution in [0.2, 0.25) is 0 Å². The molecular formula is C25H30N6OS. The van der Waals surface area contributed by atoms with Gasteiger partial charge in [-0.1, -0.05) is 6.42 Å². The molecule has 3 fully saturated rings. The topological polar surface area (TPSA) is 73.4 Å². The summed E-state index contributed by atoms with van der Waals surface area (Å²) in [5.74, 6) is 2.28. The minimum atomic E-state index is 0.218. The normalized spacial score (nSPS) is 19.2. The number of nitrogens with zero attached hydrogens (tertiary/aromatic N) is 4. The van der Waals surface area contributed by atoms with Crippen molar-refractivity contribution < 1.29 is 4.79 Å². The molecule has 3 aromatic rings. The molecule has 0 atom stereocenters. The molecule has 5 heterocycles. The smallest absolute Gasteiger partial charge is 0.264 e. The van der Waals surface area contributed by atoms with Gasteiger partial charge in [0.05, 0.1) is 21.5 Å². The molecule has 7 nitrogen and oxygen atoms in total. The van der Waals surface area contributed by atoms with Crippen molar-refractivity contribution in [3.8, 4) is 0 Å². The van der Waals surface area contributed by atoms with Crippen LogP contribution < -0.4 is 15.5 Å². The molecule has 6 rings (SSSR count). The molecule has 1 saturated carbocycles. The highest BCUT2D eigenvalue weighted by atomic mass is 32.1. The summed E-state index contributed by atoms with van der Waals surface area (Å²) in [6.07, 6.45) is 9.68. The van der Waals surface area contributed by atoms with Crippen LogP contribution in [0.1, 0.15) is 53.3 Å². The summed E-state index contributed by atoms with van der Waals surface area (Å²) >= 11 is 1.62. The van der Waals surface area contributed by atoms with E-state index in [0.29, 0.717) is 5.92 Å². The Hall–Kier alpha value is -2.71. The summed E-state index contributed by atoms with van der Waals surface area (Å²) in [4.78, 5) is 27.9. The molecule has 1 aliphatic carbocycles. The maximum Gasteiger partial charge on any atom is 0.264 e. The van der Waals surface area contributed by atoms with Gasteiger partial charge < -0.3 is 20.4 Å². The Morgan fingerprint density at radius 2 is 1.79 bits per heavy atom. The average molecular weight is 463 g/mol. The standard InChI is InChI=1S/C25H30N6OS/c32-25(31-10-1-2-11-31)24-23(17-4-3-5-17)19-14-22(28-16-20(19)33-24)29-21-7-6-18(15-27-21)30-12-8-26-9-13-30/h6-7,14-17,26H,1-5,8-13H2,(H,27,28,29). The Balaban J connectivity index is 1.27. The predicted octanol–water partition coefficient (Wildman–Crippen LogP) is 4.35. The number of fused-ring (bicyclic) bond motifs is 1. The third-order valence-corrected chi connectivity index (χ3v) is 8.35. The highest BCUT2D eigenvalue weighted by Crippen LogP contribution is 2.46. The van der Waals surface area contributed by atoms with Crippen LogP contribution in [0.4, 0.5) is 17.3 Å². The lowest BCUT2D eigenvalue weighted by Gasteiger charge is -2.29. The number of hydrogen-bond donors (Lipinski definition) is 2. The van der Waals surface area contributed by atoms with E-state index in [4.69, 9.17) is 0 Å². The third-order valence-electron chi connectivity index (χ3n) is 7.20. The summed E-state index contributed by atoms with van der Waals surface area (Å²) < 4.78 is 1.10. The monoisotopic (exact) mass is 462 g/mol. The number of nitrogens with one attached hydrogen (secondary N) is 2. The second-order valence-electron chi connectivity index (χ2n) is 9.30. The van der Waals surface area contributed by atoms with Crippen LogP contribution in [0, 0.1) is 0 Å². The van der Waals surface area contributed by atoms with Gasteiger partial charge in [-0.05, 0) is 55.4 Å². The number of piperazine rings is 1. The molecule has 172 valence electrons. The van der Waals surface area contributed by atoms with E-state index >= 15 is 0 Å². The van der Waals surface area contributed by atoms with Gasteiger partial charge in [0, 0.05) is 50.9 Å². The van der Waals surface area contributed by atoms with Crippen LogP contribution in [0.5, 0.6) is 0 Å². The molecule has 0 aromatic carbocycles. The fourth-order valence-electron chi connectivity index (χ4n) is 5.12. The number of hydrogen-bond acceptors (Lipinski definition) is 7. The summed E-state index contributed by atoms with van der Waals surface area (Å²) in [5, 5.41) is 7.94. The van der Waals surface area contributed by atoms with E-state index in [1.165, 1.54) is 30.2 Å². The molecule has 2 aliphatic heterocycles. The zero-order chi connectivity index (χ0) is 22.2. The lowest BCUT2D eigenvalue weighted by molar-refractivity contribution is 0.0795. The molecule has 33 heavy (non-hydrogen) atoms. The largest absolute Gasteiger partial charge is 0.368 e. The lowest BCUT2D eigenvalue weighted by atomic mass is 9.79. The number of anilines is 3. The van der Waals surface area contributed by atoms with E-state index in [2.05, 4.69) is 37.6 Å². The van der Waals surface area contributed by atoms with Gasteiger partial charge in [0.1, 0.15) is 11.6 Å². The molecular weight excluding hydrogens is 432 g/mol. The van der Waals surface area contributed by atoms with E-state index in [-0.39, 0.29) is 5.91 Å². The van der Waals surface area contributed by atoms with Crippen molar-refractivity contribution >= 4 is 44.7 Å². The van der Waals surface area contributed by atoms with Gasteiger partial charge in [0.25, 0.3) is 5.91 Å². The van der Waals surface area contributed by atoms with Crippen molar-refractivity contribution in [2.24, 2.45) is 0 Å². The van der Waals surface area contributed by atoms with E-state index in [9.17, 15) is 4.79 Å². The number of rotatable bonds is 5. The fourth-order valence-corrected chi connectivity index (χ4v) is 6.32. The third kappa shape index (κ3) is 4.06. The first-order valence-corrected chi connectivity index (χ1v) is 13.0. The zero-order valence-corrected chi connectivity index (χ0v) is 19.7. The Morgan fingerprint density at radius 1 is 1.00 bits per heavy atom. The molecule has 0 unspecified atom stereocenters. The fraction of sp³-hybridized carbons (Fsp3) is 0.480. The Bertz CT molecular complexity index is 1140. The summed E-state index contributed by atoms with van der Waals surface area (Å²) in [5.41, 5.74) is 2.41. The van der Waals surface area contributed by atoms with Crippen LogP contribution in [0.3, 0.4) is 0 Å². The summed E-state index contributed by atoms with van der Waals surface area (Å²) in [6, 6.07) is 6.26. The van der Waals surface area contributed by atoms with Gasteiger partial charge in [-0.15, -0.1) is 11.3 Å². The molecule has 0 radical (unpaired) electrons. The first kappa shape index (κ1) is 20.9. The van der Waals surface area contributed by atoms with Crippen LogP contribution in [-0.4, -0.2) is 60.0 Å². The summed E-state index contributed by atoms with van der Waals surface area (Å²) in [6.45, 7) is 5.81. The van der Waals surface area contributed by atoms with Gasteiger partial charge in [-0.3, -0.25) is 4.79 Å². The first-order valence-electron chi connectivity index (χ1n) is 12.2. The van der Waals surface area contributed by atoms with Crippen molar-refractivity contribution in [2.45, 2.75) is 38.0 Å². The number of pyridine rings is 2. The number of likely N-dealkylation sites (tertiary alicyclic amines) is 1. The minimum absolute atomic E-state index is 0.218. The van der Waals surface area contributed by atoms with Crippen LogP contribution in [0.25, 0.3) is 10.1 Å². The quantitative estimate of drug-likeness (QED) is 0.587. The number of carbonyl (C=O) groups is 1. The van der Waals surface area contributed by atoms with Gasteiger partial charge in [-0.25, -0.2) is 9.97 Å². The van der Waals surface area contributed by atoms with Crippen LogP contribution in [0.15, 0.2) is 30.6 Å². The first-order chi connectivity index (χ1) is 16.3. The summed E-state index contributed by atoms with van der Waals surface area (Å²) in [7, 11) is 0. The SMILES string of the molecule is O=C(c1sc2cnc(Nc3ccc(N4CCNCC4)cn3)cc2c1C1CCC1)N1CCCC1. The van der Waals surface area contributed by atoms with Gasteiger partial charge >= 0.3 is 0 Å². The van der Waals surface area contributed by atoms with Crippen molar-refractivity contribution in [2.75, 3.05) is 49.5 Å². The number of carbonyl (C=O) groups excluding carboxylic acids is 1. The molecule has 0 spiro atoms. The van der Waals surface area contributed by atoms with E-state index < -0.39 is 0 Å². The second-order valence-corrected chi connectivity index (χ2v) is 10.4. The maximum atomic E-state index is 13.3. The molecule has 0 bridgehead atoms. The molecule has 8 heteroatoms. The lowest BCUT2D eigenvalue weighted by Crippen LogP contribution is -2.43. The molecule has 3 aromatic heterocycles. The van der Waals surface area contributed by atoms with E-state index in [1.807, 2.05) is 23.4 Å². The Morgan fingerprint density at radius 3 is 2.48 bits per heavy atom. The zero-order valence-electron chi connectivity index (χ0n) is 18.8. The molecule has 2 saturated heterocycles. The highest BCUT2D eigenvalue weighted by molar-refractivity contribution is 7.21. The maximum absolute atomic E-state index is 13.3. The van der Waals surface area contributed by atoms with E-state index in [0.717, 1.165) is 79.0 Å². The Kier molecular flexibility index (Phi) is 5.63. The van der Waals surface area contributed by atoms with Gasteiger partial charge in [-0.2, -0.15) is 0 Å². The van der Waals surface area contributed by atoms with E-state index in [1.54, 1.807) is 11.3 Å². The average Bonchev–Trinajstić information content (AvgIpc) is 3.48. The number of aromatic nitrogens is 2. The minimum Gasteiger partial charge on any atom is -0.368 e. The van der Waals surface area contributed by atoms with Crippen LogP contribution >= 0.6 is 11.3 Å². The second kappa shape index (κ2) is 8.91. The van der Waals surface area contributed by atoms with Crippen molar-refractivity contribution in [1.29, 1.82) is 0 Å². The Labute approximate surface area is 198 Å². The molecule has 1 amide bonds. The number of amides is 1. The molecule has 3 aliphatic rings. The van der Waals surface area contributed by atoms with Crippen molar-refractivity contribution in [1.82, 2.24) is 20.2 Å². The van der Waals surface area contributed by atoms with Gasteiger partial charge in [0.2, 0.25) is 0 Å². The van der Waals surface area contributed by atoms with Crippen molar-refractivity contribution in [3.63, 3.8) is 0 Å². The van der Waals surface area contributed by atoms with Crippen molar-refractivity contribution in [3.05, 3.63) is 41.0 Å². The van der Waals surface area contributed by atoms with Crippen LogP contribution in [-0.2, 0) is 0 Å². The highest BCUT2D eigenvalue weighted by Gasteiger charge is 2.31.